The van der Waals surface area contributed by atoms with Crippen LogP contribution in [0.3, 0.4) is 0 Å². The molecular formula is C22H26N4O. The second-order valence-corrected chi connectivity index (χ2v) is 8.39. The number of carbonyl (C=O) groups excluding carboxylic acids is 1. The number of amides is 1. The quantitative estimate of drug-likeness (QED) is 0.705. The minimum atomic E-state index is -0.175. The summed E-state index contributed by atoms with van der Waals surface area (Å²) >= 11 is 0. The van der Waals surface area contributed by atoms with Gasteiger partial charge in [0.05, 0.1) is 5.56 Å². The van der Waals surface area contributed by atoms with Gasteiger partial charge in [-0.1, -0.05) is 17.7 Å². The summed E-state index contributed by atoms with van der Waals surface area (Å²) in [5.74, 6) is 0.760. The number of nitrogens with zero attached hydrogens (tertiary/aromatic N) is 2. The Balaban J connectivity index is 1.74. The van der Waals surface area contributed by atoms with Crippen LogP contribution in [0.5, 0.6) is 0 Å². The van der Waals surface area contributed by atoms with E-state index in [1.165, 1.54) is 5.56 Å². The Morgan fingerprint density at radius 2 is 1.81 bits per heavy atom. The van der Waals surface area contributed by atoms with Gasteiger partial charge in [0, 0.05) is 28.9 Å². The first-order valence-corrected chi connectivity index (χ1v) is 9.48. The molecule has 1 fully saturated rings. The standard InChI is InChI=1S/C22H26N4O/c1-14-5-7-15(8-6-14)23-19-12-11-17-18(21(27)24-16-9-10-16)13-26(20(17)25-19)22(2,3)4/h5-8,11-13,16H,9-10H2,1-4H3,(H,23,25)(H,24,27). The van der Waals surface area contributed by atoms with Crippen molar-refractivity contribution in [1.82, 2.24) is 14.9 Å². The largest absolute Gasteiger partial charge is 0.349 e. The Kier molecular flexibility index (Phi) is 4.17. The molecule has 140 valence electrons. The highest BCUT2D eigenvalue weighted by Crippen LogP contribution is 2.29. The summed E-state index contributed by atoms with van der Waals surface area (Å²) in [7, 11) is 0. The highest BCUT2D eigenvalue weighted by atomic mass is 16.1. The summed E-state index contributed by atoms with van der Waals surface area (Å²) in [5, 5.41) is 7.34. The zero-order chi connectivity index (χ0) is 19.2. The number of nitrogens with one attached hydrogen (secondary N) is 2. The monoisotopic (exact) mass is 362 g/mol. The predicted molar refractivity (Wildman–Crippen MR) is 110 cm³/mol. The van der Waals surface area contributed by atoms with E-state index in [2.05, 4.69) is 55.0 Å². The number of anilines is 2. The van der Waals surface area contributed by atoms with Gasteiger partial charge in [-0.2, -0.15) is 0 Å². The van der Waals surface area contributed by atoms with Crippen LogP contribution in [-0.2, 0) is 5.54 Å². The van der Waals surface area contributed by atoms with Gasteiger partial charge in [-0.15, -0.1) is 0 Å². The molecule has 0 saturated heterocycles. The Morgan fingerprint density at radius 1 is 1.11 bits per heavy atom. The molecule has 1 aliphatic carbocycles. The van der Waals surface area contributed by atoms with Crippen LogP contribution in [0.25, 0.3) is 11.0 Å². The van der Waals surface area contributed by atoms with Crippen LogP contribution in [0.4, 0.5) is 11.5 Å². The Morgan fingerprint density at radius 3 is 2.44 bits per heavy atom. The number of fused-ring (bicyclic) bond motifs is 1. The van der Waals surface area contributed by atoms with Crippen molar-refractivity contribution in [3.05, 3.63) is 53.7 Å². The number of hydrogen-bond acceptors (Lipinski definition) is 3. The third-order valence-corrected chi connectivity index (χ3v) is 4.86. The molecule has 0 bridgehead atoms. The van der Waals surface area contributed by atoms with E-state index in [0.717, 1.165) is 35.4 Å². The molecule has 1 aromatic carbocycles. The molecule has 1 amide bonds. The first-order valence-electron chi connectivity index (χ1n) is 9.48. The molecule has 3 aromatic rings. The fraction of sp³-hybridized carbons (Fsp3) is 0.364. The van der Waals surface area contributed by atoms with Crippen LogP contribution in [0.2, 0.25) is 0 Å². The average molecular weight is 362 g/mol. The van der Waals surface area contributed by atoms with Crippen LogP contribution < -0.4 is 10.6 Å². The first-order chi connectivity index (χ1) is 12.8. The van der Waals surface area contributed by atoms with Crippen molar-refractivity contribution < 1.29 is 4.79 Å². The van der Waals surface area contributed by atoms with Crippen LogP contribution in [0.1, 0.15) is 49.5 Å². The van der Waals surface area contributed by atoms with Crippen LogP contribution >= 0.6 is 0 Å². The number of pyridine rings is 1. The van der Waals surface area contributed by atoms with Crippen molar-refractivity contribution in [3.8, 4) is 0 Å². The summed E-state index contributed by atoms with van der Waals surface area (Å²) in [5.41, 5.74) is 3.55. The third-order valence-electron chi connectivity index (χ3n) is 4.86. The van der Waals surface area contributed by atoms with Crippen molar-refractivity contribution in [2.75, 3.05) is 5.32 Å². The molecule has 5 nitrogen and oxygen atoms in total. The zero-order valence-electron chi connectivity index (χ0n) is 16.3. The molecule has 2 heterocycles. The smallest absolute Gasteiger partial charge is 0.253 e. The molecule has 0 spiro atoms. The summed E-state index contributed by atoms with van der Waals surface area (Å²) in [6, 6.07) is 12.5. The SMILES string of the molecule is Cc1ccc(Nc2ccc3c(C(=O)NC4CC4)cn(C(C)(C)C)c3n2)cc1. The molecular weight excluding hydrogens is 336 g/mol. The Bertz CT molecular complexity index is 992. The maximum Gasteiger partial charge on any atom is 0.253 e. The van der Waals surface area contributed by atoms with Crippen LogP contribution in [0, 0.1) is 6.92 Å². The predicted octanol–water partition coefficient (Wildman–Crippen LogP) is 4.74. The van der Waals surface area contributed by atoms with E-state index in [9.17, 15) is 4.79 Å². The number of aryl methyl sites for hydroxylation is 1. The molecule has 2 aromatic heterocycles. The Hall–Kier alpha value is -2.82. The van der Waals surface area contributed by atoms with Crippen LogP contribution in [-0.4, -0.2) is 21.5 Å². The van der Waals surface area contributed by atoms with Crippen molar-refractivity contribution in [2.24, 2.45) is 0 Å². The lowest BCUT2D eigenvalue weighted by Gasteiger charge is -2.22. The van der Waals surface area contributed by atoms with E-state index >= 15 is 0 Å². The van der Waals surface area contributed by atoms with Gasteiger partial charge in [-0.05, 0) is 64.8 Å². The lowest BCUT2D eigenvalue weighted by molar-refractivity contribution is 0.0952. The van der Waals surface area contributed by atoms with E-state index in [1.807, 2.05) is 30.5 Å². The van der Waals surface area contributed by atoms with Crippen molar-refractivity contribution in [1.29, 1.82) is 0 Å². The van der Waals surface area contributed by atoms with Crippen molar-refractivity contribution >= 4 is 28.4 Å². The summed E-state index contributed by atoms with van der Waals surface area (Å²) in [6.45, 7) is 8.43. The van der Waals surface area contributed by atoms with Gasteiger partial charge < -0.3 is 15.2 Å². The molecule has 1 aliphatic rings. The van der Waals surface area contributed by atoms with E-state index in [-0.39, 0.29) is 11.4 Å². The third kappa shape index (κ3) is 3.68. The van der Waals surface area contributed by atoms with E-state index in [1.54, 1.807) is 0 Å². The van der Waals surface area contributed by atoms with Gasteiger partial charge in [-0.3, -0.25) is 4.79 Å². The van der Waals surface area contributed by atoms with Gasteiger partial charge in [0.2, 0.25) is 0 Å². The molecule has 2 N–H and O–H groups in total. The molecule has 0 radical (unpaired) electrons. The molecule has 0 atom stereocenters. The fourth-order valence-corrected chi connectivity index (χ4v) is 3.14. The fourth-order valence-electron chi connectivity index (χ4n) is 3.14. The lowest BCUT2D eigenvalue weighted by atomic mass is 10.1. The normalized spacial score (nSPS) is 14.4. The topological polar surface area (TPSA) is 59.0 Å². The summed E-state index contributed by atoms with van der Waals surface area (Å²) in [6.07, 6.45) is 4.09. The number of benzene rings is 1. The Labute approximate surface area is 159 Å². The van der Waals surface area contributed by atoms with Gasteiger partial charge in [0.1, 0.15) is 11.5 Å². The van der Waals surface area contributed by atoms with Gasteiger partial charge in [0.25, 0.3) is 5.91 Å². The molecule has 5 heteroatoms. The minimum Gasteiger partial charge on any atom is -0.349 e. The number of aromatic nitrogens is 2. The van der Waals surface area contributed by atoms with E-state index in [0.29, 0.717) is 11.6 Å². The zero-order valence-corrected chi connectivity index (χ0v) is 16.3. The van der Waals surface area contributed by atoms with E-state index in [4.69, 9.17) is 4.98 Å². The molecule has 0 unspecified atom stereocenters. The minimum absolute atomic E-state index is 0.00783. The highest BCUT2D eigenvalue weighted by molar-refractivity contribution is 6.06. The number of hydrogen-bond donors (Lipinski definition) is 2. The van der Waals surface area contributed by atoms with Gasteiger partial charge in [0.15, 0.2) is 0 Å². The van der Waals surface area contributed by atoms with Gasteiger partial charge in [-0.25, -0.2) is 4.98 Å². The summed E-state index contributed by atoms with van der Waals surface area (Å²) in [4.78, 5) is 17.5. The number of carbonyl (C=O) groups is 1. The maximum absolute atomic E-state index is 12.7. The van der Waals surface area contributed by atoms with Gasteiger partial charge >= 0.3 is 0 Å². The average Bonchev–Trinajstić information content (AvgIpc) is 3.32. The van der Waals surface area contributed by atoms with E-state index < -0.39 is 0 Å². The maximum atomic E-state index is 12.7. The highest BCUT2D eigenvalue weighted by Gasteiger charge is 2.27. The number of rotatable bonds is 4. The second kappa shape index (κ2) is 6.41. The molecule has 27 heavy (non-hydrogen) atoms. The van der Waals surface area contributed by atoms with Crippen molar-refractivity contribution in [2.45, 2.75) is 52.1 Å². The summed E-state index contributed by atoms with van der Waals surface area (Å²) < 4.78 is 2.09. The second-order valence-electron chi connectivity index (χ2n) is 8.39. The molecule has 4 rings (SSSR count). The first kappa shape index (κ1) is 17.6. The molecule has 0 aliphatic heterocycles. The van der Waals surface area contributed by atoms with Crippen LogP contribution in [0.15, 0.2) is 42.6 Å². The molecule has 1 saturated carbocycles. The van der Waals surface area contributed by atoms with Crippen molar-refractivity contribution in [3.63, 3.8) is 0 Å². The lowest BCUT2D eigenvalue weighted by Crippen LogP contribution is -2.25.